The maximum atomic E-state index is 12.6. The second-order valence-corrected chi connectivity index (χ2v) is 6.15. The minimum atomic E-state index is -4.56. The number of nitrogens with two attached hydrogens (primary N) is 1. The lowest BCUT2D eigenvalue weighted by molar-refractivity contribution is -0.148. The number of rotatable bonds is 2. The Morgan fingerprint density at radius 3 is 2.40 bits per heavy atom. The number of hydrogen-bond donors (Lipinski definition) is 2. The van der Waals surface area contributed by atoms with Gasteiger partial charge in [-0.3, -0.25) is 5.32 Å². The topological polar surface area (TPSA) is 77.2 Å². The van der Waals surface area contributed by atoms with E-state index in [1.807, 2.05) is 0 Å². The van der Waals surface area contributed by atoms with Crippen LogP contribution in [0.2, 0.25) is 0 Å². The molecule has 0 aliphatic heterocycles. The molecule has 1 rings (SSSR count). The van der Waals surface area contributed by atoms with Gasteiger partial charge in [0.1, 0.15) is 11.6 Å². The molecule has 0 aromatic carbocycles. The van der Waals surface area contributed by atoms with Gasteiger partial charge in [0.25, 0.3) is 0 Å². The van der Waals surface area contributed by atoms with Crippen LogP contribution in [0.15, 0.2) is 0 Å². The zero-order valence-electron chi connectivity index (χ0n) is 11.5. The summed E-state index contributed by atoms with van der Waals surface area (Å²) in [7, 11) is 0. The van der Waals surface area contributed by atoms with Crippen molar-refractivity contribution < 1.29 is 22.7 Å². The van der Waals surface area contributed by atoms with Crippen LogP contribution in [-0.2, 0) is 4.74 Å². The van der Waals surface area contributed by atoms with E-state index in [4.69, 9.17) is 10.5 Å². The molecule has 0 aliphatic rings. The van der Waals surface area contributed by atoms with Crippen molar-refractivity contribution in [3.8, 4) is 0 Å². The molecule has 0 radical (unpaired) electrons. The Morgan fingerprint density at radius 1 is 1.40 bits per heavy atom. The van der Waals surface area contributed by atoms with Crippen molar-refractivity contribution in [2.24, 2.45) is 5.73 Å². The summed E-state index contributed by atoms with van der Waals surface area (Å²) < 4.78 is 42.6. The fourth-order valence-electron chi connectivity index (χ4n) is 1.29. The second-order valence-electron chi connectivity index (χ2n) is 5.11. The third-order valence-corrected chi connectivity index (χ3v) is 3.23. The number of nitrogens with zero attached hydrogens (tertiary/aromatic N) is 1. The molecule has 5 nitrogen and oxygen atoms in total. The highest BCUT2D eigenvalue weighted by molar-refractivity contribution is 7.16. The first-order chi connectivity index (χ1) is 8.90. The molecular weight excluding hydrogens is 295 g/mol. The lowest BCUT2D eigenvalue weighted by Gasteiger charge is -2.18. The minimum Gasteiger partial charge on any atom is -0.444 e. The molecule has 3 N–H and O–H groups in total. The van der Waals surface area contributed by atoms with Crippen LogP contribution >= 0.6 is 11.3 Å². The van der Waals surface area contributed by atoms with Gasteiger partial charge < -0.3 is 10.5 Å². The highest BCUT2D eigenvalue weighted by atomic mass is 32.1. The van der Waals surface area contributed by atoms with E-state index in [0.29, 0.717) is 11.3 Å². The largest absolute Gasteiger partial charge is 0.444 e. The summed E-state index contributed by atoms with van der Waals surface area (Å²) in [5, 5.41) is 2.31. The quantitative estimate of drug-likeness (QED) is 0.878. The van der Waals surface area contributed by atoms with Crippen molar-refractivity contribution in [2.75, 3.05) is 5.32 Å². The zero-order valence-corrected chi connectivity index (χ0v) is 12.3. The first kappa shape index (κ1) is 16.7. The van der Waals surface area contributed by atoms with E-state index in [1.165, 1.54) is 6.92 Å². The van der Waals surface area contributed by atoms with E-state index in [2.05, 4.69) is 10.3 Å². The lowest BCUT2D eigenvalue weighted by atomic mass is 10.2. The van der Waals surface area contributed by atoms with Crippen LogP contribution in [0, 0.1) is 6.92 Å². The number of anilines is 1. The number of hydrogen-bond acceptors (Lipinski definition) is 5. The summed E-state index contributed by atoms with van der Waals surface area (Å²) in [6.45, 7) is 6.41. The molecule has 1 atom stereocenters. The van der Waals surface area contributed by atoms with Crippen molar-refractivity contribution in [3.05, 3.63) is 10.6 Å². The number of aromatic nitrogens is 1. The van der Waals surface area contributed by atoms with Gasteiger partial charge in [-0.2, -0.15) is 13.2 Å². The summed E-state index contributed by atoms with van der Waals surface area (Å²) in [5.74, 6) is 0. The van der Waals surface area contributed by atoms with Gasteiger partial charge in [0.2, 0.25) is 0 Å². The third kappa shape index (κ3) is 4.64. The predicted molar refractivity (Wildman–Crippen MR) is 69.7 cm³/mol. The van der Waals surface area contributed by atoms with E-state index in [0.717, 1.165) is 0 Å². The fourth-order valence-corrected chi connectivity index (χ4v) is 2.27. The zero-order chi connectivity index (χ0) is 15.7. The van der Waals surface area contributed by atoms with Gasteiger partial charge in [-0.15, -0.1) is 0 Å². The molecule has 1 aromatic rings. The summed E-state index contributed by atoms with van der Waals surface area (Å²) >= 11 is 0.681. The van der Waals surface area contributed by atoms with Gasteiger partial charge in [-0.1, -0.05) is 11.3 Å². The first-order valence-electron chi connectivity index (χ1n) is 5.70. The van der Waals surface area contributed by atoms with Gasteiger partial charge >= 0.3 is 12.3 Å². The van der Waals surface area contributed by atoms with Crippen LogP contribution in [0.5, 0.6) is 0 Å². The molecule has 0 saturated heterocycles. The Kier molecular flexibility index (Phi) is 4.65. The third-order valence-electron chi connectivity index (χ3n) is 2.08. The van der Waals surface area contributed by atoms with Gasteiger partial charge in [0.15, 0.2) is 5.13 Å². The Labute approximate surface area is 118 Å². The number of halogens is 3. The molecule has 1 amide bonds. The smallest absolute Gasteiger partial charge is 0.413 e. The van der Waals surface area contributed by atoms with Gasteiger partial charge in [0, 0.05) is 0 Å². The molecule has 0 fully saturated rings. The summed E-state index contributed by atoms with van der Waals surface area (Å²) in [5.41, 5.74) is 4.54. The average molecular weight is 311 g/mol. The van der Waals surface area contributed by atoms with Crippen LogP contribution in [0.25, 0.3) is 0 Å². The molecule has 0 bridgehead atoms. The maximum absolute atomic E-state index is 12.6. The fraction of sp³-hybridized carbons (Fsp3) is 0.636. The number of nitrogens with one attached hydrogen (secondary N) is 1. The predicted octanol–water partition coefficient (Wildman–Crippen LogP) is 3.36. The van der Waals surface area contributed by atoms with Crippen LogP contribution in [0.1, 0.15) is 37.4 Å². The number of aryl methyl sites for hydroxylation is 1. The lowest BCUT2D eigenvalue weighted by Crippen LogP contribution is -2.28. The Balaban J connectivity index is 2.83. The standard InChI is InChI=1S/C11H16F3N3O2S/c1-5-6(7(15)11(12,13)14)20-8(16-5)17-9(18)19-10(2,3)4/h7H,15H2,1-4H3,(H,16,17,18). The monoisotopic (exact) mass is 311 g/mol. The average Bonchev–Trinajstić information content (AvgIpc) is 2.53. The van der Waals surface area contributed by atoms with E-state index in [-0.39, 0.29) is 15.7 Å². The number of thiazole rings is 1. The maximum Gasteiger partial charge on any atom is 0.413 e. The SMILES string of the molecule is Cc1nc(NC(=O)OC(C)(C)C)sc1C(N)C(F)(F)F. The summed E-state index contributed by atoms with van der Waals surface area (Å²) in [6.07, 6.45) is -5.33. The van der Waals surface area contributed by atoms with Crippen molar-refractivity contribution in [1.29, 1.82) is 0 Å². The summed E-state index contributed by atoms with van der Waals surface area (Å²) in [4.78, 5) is 15.2. The number of carbonyl (C=O) groups excluding carboxylic acids is 1. The number of carbonyl (C=O) groups is 1. The van der Waals surface area contributed by atoms with Crippen LogP contribution in [0.4, 0.5) is 23.1 Å². The number of ether oxygens (including phenoxy) is 1. The van der Waals surface area contributed by atoms with Crippen molar-refractivity contribution >= 4 is 22.6 Å². The van der Waals surface area contributed by atoms with Crippen LogP contribution in [-0.4, -0.2) is 22.9 Å². The molecule has 1 unspecified atom stereocenters. The molecule has 1 heterocycles. The van der Waals surface area contributed by atoms with Gasteiger partial charge in [0.05, 0.1) is 10.6 Å². The Morgan fingerprint density at radius 2 is 1.95 bits per heavy atom. The highest BCUT2D eigenvalue weighted by Crippen LogP contribution is 2.36. The van der Waals surface area contributed by atoms with Crippen molar-refractivity contribution in [3.63, 3.8) is 0 Å². The van der Waals surface area contributed by atoms with Crippen LogP contribution in [0.3, 0.4) is 0 Å². The number of amides is 1. The molecule has 1 aromatic heterocycles. The van der Waals surface area contributed by atoms with Crippen molar-refractivity contribution in [2.45, 2.75) is 45.5 Å². The van der Waals surface area contributed by atoms with Crippen LogP contribution < -0.4 is 11.1 Å². The van der Waals surface area contributed by atoms with Gasteiger partial charge in [-0.05, 0) is 27.7 Å². The minimum absolute atomic E-state index is 0.0199. The van der Waals surface area contributed by atoms with E-state index < -0.39 is 23.9 Å². The molecular formula is C11H16F3N3O2S. The molecule has 114 valence electrons. The highest BCUT2D eigenvalue weighted by Gasteiger charge is 2.40. The second kappa shape index (κ2) is 5.57. The van der Waals surface area contributed by atoms with Gasteiger partial charge in [-0.25, -0.2) is 9.78 Å². The number of alkyl halides is 3. The molecule has 0 aliphatic carbocycles. The first-order valence-corrected chi connectivity index (χ1v) is 6.51. The normalized spacial score (nSPS) is 14.0. The molecule has 0 spiro atoms. The van der Waals surface area contributed by atoms with E-state index in [1.54, 1.807) is 20.8 Å². The molecule has 0 saturated carbocycles. The van der Waals surface area contributed by atoms with E-state index >= 15 is 0 Å². The molecule has 20 heavy (non-hydrogen) atoms. The van der Waals surface area contributed by atoms with E-state index in [9.17, 15) is 18.0 Å². The summed E-state index contributed by atoms with van der Waals surface area (Å²) in [6, 6.07) is -2.12. The molecule has 9 heteroatoms. The van der Waals surface area contributed by atoms with Crippen molar-refractivity contribution in [1.82, 2.24) is 4.98 Å². The Hall–Kier alpha value is -1.35. The Bertz CT molecular complexity index is 494.